The van der Waals surface area contributed by atoms with Crippen LogP contribution in [-0.4, -0.2) is 47.5 Å². The first-order chi connectivity index (χ1) is 13.3. The van der Waals surface area contributed by atoms with Crippen molar-refractivity contribution in [1.29, 1.82) is 0 Å². The van der Waals surface area contributed by atoms with Crippen LogP contribution in [0.1, 0.15) is 17.3 Å². The fraction of sp³-hybridized carbons (Fsp3) is 0.263. The molecule has 2 aromatic rings. The number of hydrogen-bond acceptors (Lipinski definition) is 5. The summed E-state index contributed by atoms with van der Waals surface area (Å²) in [6.45, 7) is 1.98. The summed E-state index contributed by atoms with van der Waals surface area (Å²) >= 11 is 0. The number of nitrogens with zero attached hydrogens (tertiary/aromatic N) is 1. The number of carbonyl (C=O) groups excluding carboxylic acids is 2. The number of rotatable bonds is 8. The van der Waals surface area contributed by atoms with Gasteiger partial charge in [-0.25, -0.2) is 8.42 Å². The van der Waals surface area contributed by atoms with Crippen LogP contribution < -0.4 is 19.7 Å². The zero-order valence-electron chi connectivity index (χ0n) is 15.9. The van der Waals surface area contributed by atoms with Gasteiger partial charge in [-0.05, 0) is 36.4 Å². The number of nitrogens with one attached hydrogen (secondary N) is 2. The van der Waals surface area contributed by atoms with Crippen molar-refractivity contribution in [3.8, 4) is 5.75 Å². The molecule has 0 radical (unpaired) electrons. The molecule has 2 aromatic carbocycles. The fourth-order valence-corrected chi connectivity index (χ4v) is 3.68. The largest absolute Gasteiger partial charge is 0.495 e. The highest BCUT2D eigenvalue weighted by molar-refractivity contribution is 7.92. The van der Waals surface area contributed by atoms with E-state index >= 15 is 0 Å². The number of methoxy groups -OCH3 is 1. The summed E-state index contributed by atoms with van der Waals surface area (Å²) in [7, 11) is -0.912. The van der Waals surface area contributed by atoms with E-state index in [2.05, 4.69) is 10.6 Å². The number of benzene rings is 2. The van der Waals surface area contributed by atoms with Gasteiger partial charge in [0.05, 0.1) is 17.7 Å². The second-order valence-electron chi connectivity index (χ2n) is 5.91. The summed E-state index contributed by atoms with van der Waals surface area (Å²) in [6.07, 6.45) is 0. The van der Waals surface area contributed by atoms with E-state index < -0.39 is 10.0 Å². The molecule has 9 heteroatoms. The third-order valence-electron chi connectivity index (χ3n) is 3.98. The van der Waals surface area contributed by atoms with Gasteiger partial charge in [0.1, 0.15) is 5.75 Å². The van der Waals surface area contributed by atoms with Gasteiger partial charge in [0, 0.05) is 32.6 Å². The van der Waals surface area contributed by atoms with E-state index in [0.29, 0.717) is 23.5 Å². The van der Waals surface area contributed by atoms with Crippen molar-refractivity contribution in [1.82, 2.24) is 10.6 Å². The van der Waals surface area contributed by atoms with Gasteiger partial charge in [0.25, 0.3) is 15.9 Å². The predicted molar refractivity (Wildman–Crippen MR) is 106 cm³/mol. The first kappa shape index (κ1) is 21.2. The van der Waals surface area contributed by atoms with E-state index in [9.17, 15) is 18.0 Å². The zero-order valence-corrected chi connectivity index (χ0v) is 16.7. The van der Waals surface area contributed by atoms with E-state index in [1.807, 2.05) is 0 Å². The van der Waals surface area contributed by atoms with Crippen LogP contribution in [0.5, 0.6) is 5.75 Å². The van der Waals surface area contributed by atoms with E-state index in [1.165, 1.54) is 45.3 Å². The summed E-state index contributed by atoms with van der Waals surface area (Å²) in [5, 5.41) is 5.22. The molecule has 0 atom stereocenters. The normalized spacial score (nSPS) is 10.8. The van der Waals surface area contributed by atoms with Gasteiger partial charge in [-0.1, -0.05) is 12.1 Å². The predicted octanol–water partition coefficient (Wildman–Crippen LogP) is 1.39. The zero-order chi connectivity index (χ0) is 20.7. The maximum Gasteiger partial charge on any atom is 0.264 e. The molecule has 0 fully saturated rings. The molecule has 0 spiro atoms. The Kier molecular flexibility index (Phi) is 7.00. The molecule has 0 aliphatic carbocycles. The van der Waals surface area contributed by atoms with Crippen molar-refractivity contribution in [2.75, 3.05) is 31.6 Å². The molecule has 0 unspecified atom stereocenters. The minimum absolute atomic E-state index is 0.0516. The first-order valence-corrected chi connectivity index (χ1v) is 9.96. The Bertz CT molecular complexity index is 942. The Hall–Kier alpha value is -3.07. The second kappa shape index (κ2) is 9.23. The Balaban J connectivity index is 2.13. The van der Waals surface area contributed by atoms with Crippen LogP contribution in [0.3, 0.4) is 0 Å². The SMILES string of the molecule is COc1ccccc1N(C)S(=O)(=O)c1ccc(C(=O)NCCNC(C)=O)cc1. The Labute approximate surface area is 164 Å². The average Bonchev–Trinajstić information content (AvgIpc) is 2.70. The third-order valence-corrected chi connectivity index (χ3v) is 5.77. The number of amides is 2. The molecule has 2 amide bonds. The lowest BCUT2D eigenvalue weighted by atomic mass is 10.2. The van der Waals surface area contributed by atoms with Crippen molar-refractivity contribution < 1.29 is 22.7 Å². The number of para-hydroxylation sites is 2. The molecule has 0 bridgehead atoms. The highest BCUT2D eigenvalue weighted by atomic mass is 32.2. The van der Waals surface area contributed by atoms with Crippen LogP contribution in [-0.2, 0) is 14.8 Å². The standard InChI is InChI=1S/C19H23N3O5S/c1-14(23)20-12-13-21-19(24)15-8-10-16(11-9-15)28(25,26)22(2)17-6-4-5-7-18(17)27-3/h4-11H,12-13H2,1-3H3,(H,20,23)(H,21,24). The molecular formula is C19H23N3O5S. The summed E-state index contributed by atoms with van der Waals surface area (Å²) in [5.74, 6) is -0.0981. The van der Waals surface area contributed by atoms with Crippen molar-refractivity contribution in [3.63, 3.8) is 0 Å². The van der Waals surface area contributed by atoms with Crippen molar-refractivity contribution in [2.45, 2.75) is 11.8 Å². The summed E-state index contributed by atoms with van der Waals surface area (Å²) in [5.41, 5.74) is 0.728. The van der Waals surface area contributed by atoms with Crippen molar-refractivity contribution in [3.05, 3.63) is 54.1 Å². The molecule has 8 nitrogen and oxygen atoms in total. The summed E-state index contributed by atoms with van der Waals surface area (Å²) in [6, 6.07) is 12.4. The van der Waals surface area contributed by atoms with E-state index in [0.717, 1.165) is 4.31 Å². The van der Waals surface area contributed by atoms with Crippen LogP contribution in [0.15, 0.2) is 53.4 Å². The highest BCUT2D eigenvalue weighted by Gasteiger charge is 2.23. The van der Waals surface area contributed by atoms with Gasteiger partial charge in [0.2, 0.25) is 5.91 Å². The maximum absolute atomic E-state index is 12.9. The van der Waals surface area contributed by atoms with E-state index in [4.69, 9.17) is 4.74 Å². The average molecular weight is 405 g/mol. The number of hydrogen-bond donors (Lipinski definition) is 2. The molecule has 2 rings (SSSR count). The summed E-state index contributed by atoms with van der Waals surface area (Å²) < 4.78 is 32.1. The second-order valence-corrected chi connectivity index (χ2v) is 7.88. The van der Waals surface area contributed by atoms with E-state index in [1.54, 1.807) is 24.3 Å². The Morgan fingerprint density at radius 1 is 1.00 bits per heavy atom. The first-order valence-electron chi connectivity index (χ1n) is 8.52. The summed E-state index contributed by atoms with van der Waals surface area (Å²) in [4.78, 5) is 22.9. The lowest BCUT2D eigenvalue weighted by Crippen LogP contribution is -2.33. The van der Waals surface area contributed by atoms with Crippen LogP contribution in [0.2, 0.25) is 0 Å². The van der Waals surface area contributed by atoms with Crippen LogP contribution in [0.25, 0.3) is 0 Å². The van der Waals surface area contributed by atoms with Crippen molar-refractivity contribution in [2.24, 2.45) is 0 Å². The third kappa shape index (κ3) is 5.01. The quantitative estimate of drug-likeness (QED) is 0.646. The molecule has 0 saturated carbocycles. The van der Waals surface area contributed by atoms with E-state index in [-0.39, 0.29) is 23.3 Å². The molecule has 0 aliphatic rings. The van der Waals surface area contributed by atoms with Gasteiger partial charge >= 0.3 is 0 Å². The molecule has 0 aliphatic heterocycles. The molecular weight excluding hydrogens is 382 g/mol. The van der Waals surface area contributed by atoms with Crippen molar-refractivity contribution >= 4 is 27.5 Å². The lowest BCUT2D eigenvalue weighted by molar-refractivity contribution is -0.118. The topological polar surface area (TPSA) is 105 Å². The lowest BCUT2D eigenvalue weighted by Gasteiger charge is -2.21. The smallest absolute Gasteiger partial charge is 0.264 e. The van der Waals surface area contributed by atoms with Crippen LogP contribution in [0.4, 0.5) is 5.69 Å². The van der Waals surface area contributed by atoms with Gasteiger partial charge in [-0.2, -0.15) is 0 Å². The van der Waals surface area contributed by atoms with Gasteiger partial charge in [-0.3, -0.25) is 13.9 Å². The number of carbonyl (C=O) groups is 2. The van der Waals surface area contributed by atoms with Crippen LogP contribution in [0, 0.1) is 0 Å². The molecule has 0 aromatic heterocycles. The molecule has 28 heavy (non-hydrogen) atoms. The molecule has 0 saturated heterocycles. The minimum atomic E-state index is -3.82. The van der Waals surface area contributed by atoms with Gasteiger partial charge in [-0.15, -0.1) is 0 Å². The number of sulfonamides is 1. The van der Waals surface area contributed by atoms with Crippen LogP contribution >= 0.6 is 0 Å². The Morgan fingerprint density at radius 3 is 2.21 bits per heavy atom. The number of ether oxygens (including phenoxy) is 1. The fourth-order valence-electron chi connectivity index (χ4n) is 2.47. The Morgan fingerprint density at radius 2 is 1.61 bits per heavy atom. The highest BCUT2D eigenvalue weighted by Crippen LogP contribution is 2.30. The van der Waals surface area contributed by atoms with Gasteiger partial charge < -0.3 is 15.4 Å². The molecule has 150 valence electrons. The molecule has 2 N–H and O–H groups in total. The number of anilines is 1. The minimum Gasteiger partial charge on any atom is -0.495 e. The molecule has 0 heterocycles. The van der Waals surface area contributed by atoms with Gasteiger partial charge in [0.15, 0.2) is 0 Å². The monoisotopic (exact) mass is 405 g/mol. The maximum atomic E-state index is 12.9.